The van der Waals surface area contributed by atoms with E-state index in [0.29, 0.717) is 18.2 Å². The first-order chi connectivity index (χ1) is 12.2. The second kappa shape index (κ2) is 6.82. The van der Waals surface area contributed by atoms with E-state index >= 15 is 0 Å². The SMILES string of the molecule is O=C(C1CCCC1)N1CCCC(c2nn(-c3ccccn3)c(=O)[nH]2)C1. The monoisotopic (exact) mass is 341 g/mol. The van der Waals surface area contributed by atoms with E-state index in [0.717, 1.165) is 45.1 Å². The Balaban J connectivity index is 1.52. The van der Waals surface area contributed by atoms with Crippen LogP contribution in [0.4, 0.5) is 0 Å². The Bertz CT molecular complexity index is 791. The van der Waals surface area contributed by atoms with Gasteiger partial charge in [-0.1, -0.05) is 18.9 Å². The van der Waals surface area contributed by atoms with Gasteiger partial charge in [0.25, 0.3) is 0 Å². The molecule has 132 valence electrons. The van der Waals surface area contributed by atoms with E-state index in [-0.39, 0.29) is 23.4 Å². The highest BCUT2D eigenvalue weighted by molar-refractivity contribution is 5.79. The van der Waals surface area contributed by atoms with Gasteiger partial charge in [0.15, 0.2) is 5.82 Å². The third-order valence-electron chi connectivity index (χ3n) is 5.33. The molecule has 1 atom stereocenters. The number of hydrogen-bond donors (Lipinski definition) is 1. The molecule has 1 N–H and O–H groups in total. The van der Waals surface area contributed by atoms with E-state index in [1.165, 1.54) is 4.68 Å². The number of amides is 1. The molecule has 7 nitrogen and oxygen atoms in total. The Labute approximate surface area is 146 Å². The minimum Gasteiger partial charge on any atom is -0.342 e. The largest absolute Gasteiger partial charge is 0.349 e. The van der Waals surface area contributed by atoms with Gasteiger partial charge in [-0.25, -0.2) is 9.78 Å². The molecule has 0 aromatic carbocycles. The highest BCUT2D eigenvalue weighted by atomic mass is 16.2. The average Bonchev–Trinajstić information content (AvgIpc) is 3.32. The van der Waals surface area contributed by atoms with Crippen molar-refractivity contribution >= 4 is 5.91 Å². The molecule has 4 rings (SSSR count). The van der Waals surface area contributed by atoms with Crippen molar-refractivity contribution in [2.45, 2.75) is 44.4 Å². The third-order valence-corrected chi connectivity index (χ3v) is 5.33. The zero-order valence-corrected chi connectivity index (χ0v) is 14.2. The minimum absolute atomic E-state index is 0.0803. The van der Waals surface area contributed by atoms with Crippen molar-refractivity contribution in [1.29, 1.82) is 0 Å². The van der Waals surface area contributed by atoms with Crippen molar-refractivity contribution in [3.63, 3.8) is 0 Å². The Morgan fingerprint density at radius 3 is 2.76 bits per heavy atom. The van der Waals surface area contributed by atoms with Gasteiger partial charge in [-0.2, -0.15) is 4.68 Å². The molecule has 1 amide bonds. The summed E-state index contributed by atoms with van der Waals surface area (Å²) in [5, 5.41) is 4.44. The molecule has 0 bridgehead atoms. The summed E-state index contributed by atoms with van der Waals surface area (Å²) in [6, 6.07) is 5.38. The quantitative estimate of drug-likeness (QED) is 0.923. The molecule has 1 saturated carbocycles. The number of rotatable bonds is 3. The predicted octanol–water partition coefficient (Wildman–Crippen LogP) is 1.85. The molecule has 25 heavy (non-hydrogen) atoms. The Morgan fingerprint density at radius 1 is 1.16 bits per heavy atom. The number of carbonyl (C=O) groups excluding carboxylic acids is 1. The van der Waals surface area contributed by atoms with E-state index in [9.17, 15) is 9.59 Å². The maximum Gasteiger partial charge on any atom is 0.349 e. The van der Waals surface area contributed by atoms with Gasteiger partial charge in [0.2, 0.25) is 5.91 Å². The lowest BCUT2D eigenvalue weighted by Gasteiger charge is -2.33. The van der Waals surface area contributed by atoms with Gasteiger partial charge >= 0.3 is 5.69 Å². The zero-order chi connectivity index (χ0) is 17.2. The average molecular weight is 341 g/mol. The van der Waals surface area contributed by atoms with Crippen molar-refractivity contribution in [2.24, 2.45) is 5.92 Å². The lowest BCUT2D eigenvalue weighted by molar-refractivity contribution is -0.136. The molecule has 2 aliphatic rings. The van der Waals surface area contributed by atoms with Crippen LogP contribution in [0.1, 0.15) is 50.3 Å². The van der Waals surface area contributed by atoms with Crippen LogP contribution in [-0.2, 0) is 4.79 Å². The number of hydrogen-bond acceptors (Lipinski definition) is 4. The molecule has 1 aliphatic heterocycles. The molecule has 1 aliphatic carbocycles. The van der Waals surface area contributed by atoms with E-state index < -0.39 is 0 Å². The van der Waals surface area contributed by atoms with E-state index in [4.69, 9.17) is 0 Å². The normalized spacial score (nSPS) is 21.6. The van der Waals surface area contributed by atoms with Crippen LogP contribution in [-0.4, -0.2) is 43.6 Å². The van der Waals surface area contributed by atoms with Crippen LogP contribution in [0.3, 0.4) is 0 Å². The summed E-state index contributed by atoms with van der Waals surface area (Å²) in [5.41, 5.74) is -0.284. The number of nitrogens with one attached hydrogen (secondary N) is 1. The maximum absolute atomic E-state index is 12.7. The van der Waals surface area contributed by atoms with Gasteiger partial charge in [0.1, 0.15) is 5.82 Å². The lowest BCUT2D eigenvalue weighted by atomic mass is 9.95. The number of pyridine rings is 1. The van der Waals surface area contributed by atoms with E-state index in [1.54, 1.807) is 18.3 Å². The zero-order valence-electron chi connectivity index (χ0n) is 14.2. The summed E-state index contributed by atoms with van der Waals surface area (Å²) < 4.78 is 1.30. The Kier molecular flexibility index (Phi) is 4.38. The second-order valence-electron chi connectivity index (χ2n) is 7.02. The minimum atomic E-state index is -0.284. The number of piperidine rings is 1. The van der Waals surface area contributed by atoms with Crippen LogP contribution >= 0.6 is 0 Å². The molecule has 1 unspecified atom stereocenters. The molecule has 7 heteroatoms. The lowest BCUT2D eigenvalue weighted by Crippen LogP contribution is -2.42. The molecular weight excluding hydrogens is 318 g/mol. The fourth-order valence-corrected chi connectivity index (χ4v) is 3.99. The maximum atomic E-state index is 12.7. The summed E-state index contributed by atoms with van der Waals surface area (Å²) in [7, 11) is 0. The molecule has 2 aromatic rings. The summed E-state index contributed by atoms with van der Waals surface area (Å²) in [5.74, 6) is 1.72. The smallest absolute Gasteiger partial charge is 0.342 e. The standard InChI is InChI=1S/C18H23N5O2/c24-17(13-6-1-2-7-13)22-11-5-8-14(12-22)16-20-18(25)23(21-16)15-9-3-4-10-19-15/h3-4,9-10,13-14H,1-2,5-8,11-12H2,(H,20,21,25). The topological polar surface area (TPSA) is 83.9 Å². The molecule has 0 radical (unpaired) electrons. The van der Waals surface area contributed by atoms with Crippen molar-refractivity contribution in [3.05, 3.63) is 40.7 Å². The number of aromatic nitrogens is 4. The molecule has 2 aromatic heterocycles. The van der Waals surface area contributed by atoms with Gasteiger partial charge in [-0.15, -0.1) is 5.10 Å². The van der Waals surface area contributed by atoms with Gasteiger partial charge < -0.3 is 4.90 Å². The number of H-pyrrole nitrogens is 1. The third kappa shape index (κ3) is 3.23. The summed E-state index contributed by atoms with van der Waals surface area (Å²) in [4.78, 5) is 33.9. The molecular formula is C18H23N5O2. The molecule has 0 spiro atoms. The first kappa shape index (κ1) is 16.1. The first-order valence-corrected chi connectivity index (χ1v) is 9.12. The van der Waals surface area contributed by atoms with Crippen molar-refractivity contribution in [3.8, 4) is 5.82 Å². The number of carbonyl (C=O) groups is 1. The van der Waals surface area contributed by atoms with Crippen LogP contribution in [0, 0.1) is 5.92 Å². The van der Waals surface area contributed by atoms with E-state index in [2.05, 4.69) is 15.1 Å². The van der Waals surface area contributed by atoms with Crippen molar-refractivity contribution < 1.29 is 4.79 Å². The first-order valence-electron chi connectivity index (χ1n) is 9.12. The van der Waals surface area contributed by atoms with Crippen LogP contribution in [0.2, 0.25) is 0 Å². The highest BCUT2D eigenvalue weighted by Gasteiger charge is 2.32. The van der Waals surface area contributed by atoms with Crippen LogP contribution in [0.25, 0.3) is 5.82 Å². The Morgan fingerprint density at radius 2 is 2.00 bits per heavy atom. The summed E-state index contributed by atoms with van der Waals surface area (Å²) >= 11 is 0. The summed E-state index contributed by atoms with van der Waals surface area (Å²) in [6.07, 6.45) is 7.88. The highest BCUT2D eigenvalue weighted by Crippen LogP contribution is 2.30. The number of nitrogens with zero attached hydrogens (tertiary/aromatic N) is 4. The fourth-order valence-electron chi connectivity index (χ4n) is 3.99. The van der Waals surface area contributed by atoms with Gasteiger partial charge in [-0.05, 0) is 37.8 Å². The molecule has 1 saturated heterocycles. The predicted molar refractivity (Wildman–Crippen MR) is 92.5 cm³/mol. The van der Waals surface area contributed by atoms with Gasteiger partial charge in [-0.3, -0.25) is 9.78 Å². The van der Waals surface area contributed by atoms with Crippen LogP contribution in [0.5, 0.6) is 0 Å². The second-order valence-corrected chi connectivity index (χ2v) is 7.02. The Hall–Kier alpha value is -2.44. The molecule has 2 fully saturated rings. The number of aromatic amines is 1. The molecule has 3 heterocycles. The summed E-state index contributed by atoms with van der Waals surface area (Å²) in [6.45, 7) is 1.46. The van der Waals surface area contributed by atoms with Gasteiger partial charge in [0.05, 0.1) is 0 Å². The number of likely N-dealkylation sites (tertiary alicyclic amines) is 1. The van der Waals surface area contributed by atoms with Crippen molar-refractivity contribution in [1.82, 2.24) is 24.6 Å². The van der Waals surface area contributed by atoms with Crippen LogP contribution in [0.15, 0.2) is 29.2 Å². The van der Waals surface area contributed by atoms with E-state index in [1.807, 2.05) is 11.0 Å². The van der Waals surface area contributed by atoms with Crippen LogP contribution < -0.4 is 5.69 Å². The van der Waals surface area contributed by atoms with Gasteiger partial charge in [0, 0.05) is 31.1 Å². The fraction of sp³-hybridized carbons (Fsp3) is 0.556. The van der Waals surface area contributed by atoms with Crippen molar-refractivity contribution in [2.75, 3.05) is 13.1 Å².